The fourth-order valence-corrected chi connectivity index (χ4v) is 2.65. The Kier molecular flexibility index (Phi) is 4.10. The van der Waals surface area contributed by atoms with Crippen molar-refractivity contribution >= 4 is 21.4 Å². The molecule has 1 N–H and O–H groups in total. The maximum Gasteiger partial charge on any atom is 0.263 e. The van der Waals surface area contributed by atoms with Crippen molar-refractivity contribution < 1.29 is 8.42 Å². The summed E-state index contributed by atoms with van der Waals surface area (Å²) in [5.41, 5.74) is 1.60. The zero-order valence-electron chi connectivity index (χ0n) is 11.6. The number of nitriles is 1. The molecule has 0 fully saturated rings. The third-order valence-electron chi connectivity index (χ3n) is 2.80. The number of pyridine rings is 1. The lowest BCUT2D eigenvalue weighted by molar-refractivity contribution is 0.601. The van der Waals surface area contributed by atoms with Gasteiger partial charge in [0, 0.05) is 31.7 Å². The third-order valence-corrected chi connectivity index (χ3v) is 4.16. The Balaban J connectivity index is 2.22. The van der Waals surface area contributed by atoms with Gasteiger partial charge in [0.2, 0.25) is 0 Å². The molecule has 0 saturated carbocycles. The largest absolute Gasteiger partial charge is 0.378 e. The van der Waals surface area contributed by atoms with Gasteiger partial charge in [-0.05, 0) is 36.4 Å². The van der Waals surface area contributed by atoms with Crippen LogP contribution in [0.25, 0.3) is 0 Å². The molecule has 2 aromatic rings. The topological polar surface area (TPSA) is 86.1 Å². The van der Waals surface area contributed by atoms with E-state index in [-0.39, 0.29) is 10.6 Å². The molecule has 0 aliphatic rings. The summed E-state index contributed by atoms with van der Waals surface area (Å²) in [4.78, 5) is 5.69. The van der Waals surface area contributed by atoms with Crippen LogP contribution in [-0.4, -0.2) is 27.5 Å². The van der Waals surface area contributed by atoms with Crippen LogP contribution >= 0.6 is 0 Å². The molecule has 1 heterocycles. The second-order valence-electron chi connectivity index (χ2n) is 4.54. The quantitative estimate of drug-likeness (QED) is 0.931. The van der Waals surface area contributed by atoms with Gasteiger partial charge >= 0.3 is 0 Å². The van der Waals surface area contributed by atoms with Crippen LogP contribution in [0.15, 0.2) is 47.5 Å². The highest BCUT2D eigenvalue weighted by atomic mass is 32.2. The number of nitrogens with zero attached hydrogens (tertiary/aromatic N) is 3. The van der Waals surface area contributed by atoms with Crippen LogP contribution in [-0.2, 0) is 10.0 Å². The van der Waals surface area contributed by atoms with E-state index in [1.807, 2.05) is 37.2 Å². The first-order chi connectivity index (χ1) is 9.92. The van der Waals surface area contributed by atoms with Gasteiger partial charge in [0.15, 0.2) is 0 Å². The van der Waals surface area contributed by atoms with Gasteiger partial charge in [-0.15, -0.1) is 0 Å². The predicted octanol–water partition coefficient (Wildman–Crippen LogP) is 1.82. The van der Waals surface area contributed by atoms with E-state index < -0.39 is 10.0 Å². The molecule has 0 saturated heterocycles. The van der Waals surface area contributed by atoms with E-state index in [1.165, 1.54) is 12.1 Å². The lowest BCUT2D eigenvalue weighted by Crippen LogP contribution is -2.13. The molecule has 108 valence electrons. The summed E-state index contributed by atoms with van der Waals surface area (Å²) in [5.74, 6) is 0. The van der Waals surface area contributed by atoms with Gasteiger partial charge in [0.25, 0.3) is 10.0 Å². The number of hydrogen-bond acceptors (Lipinski definition) is 5. The van der Waals surface area contributed by atoms with E-state index >= 15 is 0 Å². The van der Waals surface area contributed by atoms with Gasteiger partial charge in [0.1, 0.15) is 16.7 Å². The van der Waals surface area contributed by atoms with Crippen LogP contribution in [0, 0.1) is 11.3 Å². The molecule has 7 heteroatoms. The van der Waals surface area contributed by atoms with Crippen molar-refractivity contribution in [2.75, 3.05) is 23.7 Å². The van der Waals surface area contributed by atoms with Crippen molar-refractivity contribution in [3.63, 3.8) is 0 Å². The minimum absolute atomic E-state index is 0.0122. The van der Waals surface area contributed by atoms with Crippen LogP contribution in [0.1, 0.15) is 5.69 Å². The number of hydrogen-bond donors (Lipinski definition) is 1. The first kappa shape index (κ1) is 14.8. The summed E-state index contributed by atoms with van der Waals surface area (Å²) in [5, 5.41) is 8.66. The van der Waals surface area contributed by atoms with Gasteiger partial charge < -0.3 is 4.90 Å². The summed E-state index contributed by atoms with van der Waals surface area (Å²) < 4.78 is 26.8. The Morgan fingerprint density at radius 2 is 1.81 bits per heavy atom. The molecule has 0 amide bonds. The molecule has 1 aromatic heterocycles. The lowest BCUT2D eigenvalue weighted by Gasteiger charge is -2.13. The highest BCUT2D eigenvalue weighted by Crippen LogP contribution is 2.19. The molecular formula is C14H14N4O2S. The molecule has 0 radical (unpaired) electrons. The van der Waals surface area contributed by atoms with Gasteiger partial charge in [-0.1, -0.05) is 0 Å². The van der Waals surface area contributed by atoms with Crippen molar-refractivity contribution in [2.45, 2.75) is 4.90 Å². The predicted molar refractivity (Wildman–Crippen MR) is 80.5 cm³/mol. The van der Waals surface area contributed by atoms with Crippen LogP contribution in [0.2, 0.25) is 0 Å². The van der Waals surface area contributed by atoms with Gasteiger partial charge in [-0.2, -0.15) is 5.26 Å². The molecule has 0 spiro atoms. The van der Waals surface area contributed by atoms with Crippen molar-refractivity contribution in [3.8, 4) is 6.07 Å². The lowest BCUT2D eigenvalue weighted by atomic mass is 10.3. The van der Waals surface area contributed by atoms with Crippen molar-refractivity contribution in [3.05, 3.63) is 48.3 Å². The molecule has 0 bridgehead atoms. The molecular weight excluding hydrogens is 288 g/mol. The van der Waals surface area contributed by atoms with E-state index in [1.54, 1.807) is 12.1 Å². The van der Waals surface area contributed by atoms with Crippen LogP contribution < -0.4 is 9.62 Å². The Morgan fingerprint density at radius 1 is 1.14 bits per heavy atom. The van der Waals surface area contributed by atoms with E-state index in [2.05, 4.69) is 9.71 Å². The average Bonchev–Trinajstić information content (AvgIpc) is 2.47. The number of sulfonamides is 1. The first-order valence-electron chi connectivity index (χ1n) is 6.09. The number of anilines is 2. The number of rotatable bonds is 4. The van der Waals surface area contributed by atoms with Crippen molar-refractivity contribution in [2.24, 2.45) is 0 Å². The fourth-order valence-electron chi connectivity index (χ4n) is 1.65. The smallest absolute Gasteiger partial charge is 0.263 e. The molecule has 1 aromatic carbocycles. The summed E-state index contributed by atoms with van der Waals surface area (Å²) in [7, 11) is 0.102. The Morgan fingerprint density at radius 3 is 2.29 bits per heavy atom. The zero-order chi connectivity index (χ0) is 15.5. The summed E-state index contributed by atoms with van der Waals surface area (Å²) >= 11 is 0. The molecule has 0 aliphatic heterocycles. The maximum atomic E-state index is 12.2. The van der Waals surface area contributed by atoms with E-state index in [0.717, 1.165) is 11.9 Å². The van der Waals surface area contributed by atoms with Crippen molar-refractivity contribution in [1.29, 1.82) is 5.26 Å². The van der Waals surface area contributed by atoms with Crippen LogP contribution in [0.5, 0.6) is 0 Å². The number of aromatic nitrogens is 1. The summed E-state index contributed by atoms with van der Waals surface area (Å²) in [6.45, 7) is 0. The second-order valence-corrected chi connectivity index (χ2v) is 6.22. The van der Waals surface area contributed by atoms with Crippen molar-refractivity contribution in [1.82, 2.24) is 4.98 Å². The monoisotopic (exact) mass is 302 g/mol. The zero-order valence-corrected chi connectivity index (χ0v) is 12.4. The number of nitrogens with one attached hydrogen (secondary N) is 1. The highest BCUT2D eigenvalue weighted by Gasteiger charge is 2.14. The van der Waals surface area contributed by atoms with Crippen LogP contribution in [0.3, 0.4) is 0 Å². The third kappa shape index (κ3) is 3.49. The standard InChI is InChI=1S/C14H14N4O2S/c1-18(2)13-6-3-11(4-7-13)17-21(19,20)14-8-5-12(9-15)16-10-14/h3-8,10,17H,1-2H3. The summed E-state index contributed by atoms with van der Waals surface area (Å²) in [6, 6.07) is 11.6. The first-order valence-corrected chi connectivity index (χ1v) is 7.57. The van der Waals surface area contributed by atoms with E-state index in [0.29, 0.717) is 5.69 Å². The molecule has 0 atom stereocenters. The van der Waals surface area contributed by atoms with Gasteiger partial charge in [-0.25, -0.2) is 13.4 Å². The minimum atomic E-state index is -3.71. The van der Waals surface area contributed by atoms with Crippen LogP contribution in [0.4, 0.5) is 11.4 Å². The molecule has 2 rings (SSSR count). The molecule has 6 nitrogen and oxygen atoms in total. The average molecular weight is 302 g/mol. The summed E-state index contributed by atoms with van der Waals surface area (Å²) in [6.07, 6.45) is 1.16. The van der Waals surface area contributed by atoms with Gasteiger partial charge in [0.05, 0.1) is 0 Å². The minimum Gasteiger partial charge on any atom is -0.378 e. The molecule has 0 aliphatic carbocycles. The van der Waals surface area contributed by atoms with Gasteiger partial charge in [-0.3, -0.25) is 4.72 Å². The highest BCUT2D eigenvalue weighted by molar-refractivity contribution is 7.92. The Labute approximate surface area is 123 Å². The Bertz CT molecular complexity index is 760. The Hall–Kier alpha value is -2.59. The fraction of sp³-hybridized carbons (Fsp3) is 0.143. The second kappa shape index (κ2) is 5.81. The molecule has 21 heavy (non-hydrogen) atoms. The molecule has 0 unspecified atom stereocenters. The number of benzene rings is 1. The van der Waals surface area contributed by atoms with E-state index in [4.69, 9.17) is 5.26 Å². The normalized spacial score (nSPS) is 10.7. The maximum absolute atomic E-state index is 12.2. The van der Waals surface area contributed by atoms with E-state index in [9.17, 15) is 8.42 Å². The SMILES string of the molecule is CN(C)c1ccc(NS(=O)(=O)c2ccc(C#N)nc2)cc1.